The van der Waals surface area contributed by atoms with Gasteiger partial charge in [0, 0.05) is 12.6 Å². The van der Waals surface area contributed by atoms with E-state index in [0.717, 1.165) is 11.5 Å². The molecule has 3 fully saturated rings. The Labute approximate surface area is 56.3 Å². The molecule has 0 aromatic heterocycles. The molecule has 0 atom stereocenters. The zero-order chi connectivity index (χ0) is 4.91. The van der Waals surface area contributed by atoms with Gasteiger partial charge < -0.3 is 5.32 Å². The van der Waals surface area contributed by atoms with E-state index in [-0.39, 0.29) is 12.4 Å². The van der Waals surface area contributed by atoms with Crippen LogP contribution in [0.1, 0.15) is 19.8 Å². The number of hydrogen-bond donors (Lipinski definition) is 1. The minimum Gasteiger partial charge on any atom is -0.313 e. The molecule has 0 spiro atoms. The van der Waals surface area contributed by atoms with Crippen molar-refractivity contribution in [3.63, 3.8) is 0 Å². The number of halogens is 1. The maximum atomic E-state index is 3.43. The maximum absolute atomic E-state index is 3.43. The Kier molecular flexibility index (Phi) is 1.28. The third kappa shape index (κ3) is 0.652. The van der Waals surface area contributed by atoms with Crippen molar-refractivity contribution in [1.82, 2.24) is 5.32 Å². The molecule has 2 bridgehead atoms. The van der Waals surface area contributed by atoms with Gasteiger partial charge in [-0.3, -0.25) is 0 Å². The average molecular weight is 134 g/mol. The van der Waals surface area contributed by atoms with Crippen LogP contribution in [0.5, 0.6) is 0 Å². The molecule has 48 valence electrons. The van der Waals surface area contributed by atoms with E-state index in [4.69, 9.17) is 0 Å². The Morgan fingerprint density at radius 1 is 1.50 bits per heavy atom. The van der Waals surface area contributed by atoms with Gasteiger partial charge in [0.2, 0.25) is 0 Å². The first-order valence-electron chi connectivity index (χ1n) is 3.02. The Morgan fingerprint density at radius 3 is 2.25 bits per heavy atom. The Bertz CT molecular complexity index is 91.2. The molecule has 2 heterocycles. The average Bonchev–Trinajstić information content (AvgIpc) is 1.88. The standard InChI is InChI=1S/C6H11N.ClH/c1-6-2-5(3-6)7-4-6;/h5,7H,2-4H2,1H3;1H. The van der Waals surface area contributed by atoms with Crippen LogP contribution in [0.3, 0.4) is 0 Å². The quantitative estimate of drug-likeness (QED) is 0.524. The van der Waals surface area contributed by atoms with Crippen molar-refractivity contribution in [3.8, 4) is 0 Å². The first-order valence-corrected chi connectivity index (χ1v) is 3.02. The van der Waals surface area contributed by atoms with Gasteiger partial charge in [-0.15, -0.1) is 12.4 Å². The summed E-state index contributed by atoms with van der Waals surface area (Å²) in [6, 6.07) is 0.907. The fourth-order valence-corrected chi connectivity index (χ4v) is 1.81. The fraction of sp³-hybridized carbons (Fsp3) is 1.00. The Balaban J connectivity index is 0.000000320. The summed E-state index contributed by atoms with van der Waals surface area (Å²) < 4.78 is 0. The fourth-order valence-electron chi connectivity index (χ4n) is 1.81. The lowest BCUT2D eigenvalue weighted by Crippen LogP contribution is -2.30. The van der Waals surface area contributed by atoms with E-state index in [1.165, 1.54) is 19.4 Å². The first-order chi connectivity index (χ1) is 3.29. The second-order valence-electron chi connectivity index (χ2n) is 3.30. The van der Waals surface area contributed by atoms with Gasteiger partial charge in [-0.2, -0.15) is 0 Å². The van der Waals surface area contributed by atoms with Crippen LogP contribution in [0.4, 0.5) is 0 Å². The lowest BCUT2D eigenvalue weighted by Gasteiger charge is -2.32. The van der Waals surface area contributed by atoms with Crippen LogP contribution in [-0.4, -0.2) is 12.6 Å². The second-order valence-corrected chi connectivity index (χ2v) is 3.30. The molecule has 3 rings (SSSR count). The minimum absolute atomic E-state index is 0. The van der Waals surface area contributed by atoms with Crippen LogP contribution in [0.25, 0.3) is 0 Å². The summed E-state index contributed by atoms with van der Waals surface area (Å²) in [5.41, 5.74) is 0.727. The van der Waals surface area contributed by atoms with Crippen molar-refractivity contribution in [2.75, 3.05) is 6.54 Å². The molecule has 1 saturated carbocycles. The highest BCUT2D eigenvalue weighted by atomic mass is 35.5. The van der Waals surface area contributed by atoms with Crippen molar-refractivity contribution < 1.29 is 0 Å². The number of hydrogen-bond acceptors (Lipinski definition) is 1. The number of rotatable bonds is 0. The molecule has 0 aromatic carbocycles. The van der Waals surface area contributed by atoms with Gasteiger partial charge in [0.05, 0.1) is 0 Å². The van der Waals surface area contributed by atoms with Gasteiger partial charge in [-0.1, -0.05) is 6.92 Å². The van der Waals surface area contributed by atoms with Crippen LogP contribution >= 0.6 is 12.4 Å². The zero-order valence-corrected chi connectivity index (χ0v) is 5.92. The molecule has 0 radical (unpaired) electrons. The second kappa shape index (κ2) is 1.61. The summed E-state index contributed by atoms with van der Waals surface area (Å²) in [6.45, 7) is 3.64. The molecule has 3 aliphatic rings. The summed E-state index contributed by atoms with van der Waals surface area (Å²) in [4.78, 5) is 0. The topological polar surface area (TPSA) is 12.0 Å². The first kappa shape index (κ1) is 6.37. The molecular formula is C6H12ClN. The van der Waals surface area contributed by atoms with E-state index in [9.17, 15) is 0 Å². The third-order valence-electron chi connectivity index (χ3n) is 2.30. The molecule has 2 saturated heterocycles. The molecule has 1 aliphatic carbocycles. The highest BCUT2D eigenvalue weighted by Crippen LogP contribution is 2.45. The normalized spacial score (nSPS) is 49.9. The monoisotopic (exact) mass is 133 g/mol. The summed E-state index contributed by atoms with van der Waals surface area (Å²) in [5.74, 6) is 0. The van der Waals surface area contributed by atoms with Crippen molar-refractivity contribution in [1.29, 1.82) is 0 Å². The molecule has 0 amide bonds. The van der Waals surface area contributed by atoms with Gasteiger partial charge in [0.15, 0.2) is 0 Å². The van der Waals surface area contributed by atoms with Crippen LogP contribution in [0.2, 0.25) is 0 Å². The third-order valence-corrected chi connectivity index (χ3v) is 2.30. The van der Waals surface area contributed by atoms with Crippen LogP contribution in [0, 0.1) is 5.41 Å². The summed E-state index contributed by atoms with van der Waals surface area (Å²) >= 11 is 0. The predicted molar refractivity (Wildman–Crippen MR) is 36.4 cm³/mol. The van der Waals surface area contributed by atoms with E-state index in [2.05, 4.69) is 12.2 Å². The van der Waals surface area contributed by atoms with Gasteiger partial charge in [-0.05, 0) is 18.3 Å². The Morgan fingerprint density at radius 2 is 2.12 bits per heavy atom. The molecule has 1 nitrogen and oxygen atoms in total. The minimum atomic E-state index is 0. The largest absolute Gasteiger partial charge is 0.313 e. The van der Waals surface area contributed by atoms with Crippen molar-refractivity contribution in [2.45, 2.75) is 25.8 Å². The molecule has 2 aliphatic heterocycles. The van der Waals surface area contributed by atoms with E-state index >= 15 is 0 Å². The van der Waals surface area contributed by atoms with Crippen LogP contribution in [-0.2, 0) is 0 Å². The van der Waals surface area contributed by atoms with E-state index in [1.54, 1.807) is 0 Å². The lowest BCUT2D eigenvalue weighted by molar-refractivity contribution is 0.226. The van der Waals surface area contributed by atoms with Gasteiger partial charge in [0.25, 0.3) is 0 Å². The Hall–Kier alpha value is 0.250. The summed E-state index contributed by atoms with van der Waals surface area (Å²) in [6.07, 6.45) is 2.88. The van der Waals surface area contributed by atoms with Crippen molar-refractivity contribution in [3.05, 3.63) is 0 Å². The number of nitrogens with one attached hydrogen (secondary N) is 1. The van der Waals surface area contributed by atoms with Crippen LogP contribution < -0.4 is 5.32 Å². The van der Waals surface area contributed by atoms with Crippen molar-refractivity contribution in [2.24, 2.45) is 5.41 Å². The smallest absolute Gasteiger partial charge is 0.00786 e. The van der Waals surface area contributed by atoms with Gasteiger partial charge in [-0.25, -0.2) is 0 Å². The predicted octanol–water partition coefficient (Wildman–Crippen LogP) is 1.18. The van der Waals surface area contributed by atoms with Gasteiger partial charge in [0.1, 0.15) is 0 Å². The number of fused-ring (bicyclic) bond motifs is 1. The molecular weight excluding hydrogens is 122 g/mol. The van der Waals surface area contributed by atoms with E-state index in [0.29, 0.717) is 0 Å². The van der Waals surface area contributed by atoms with E-state index < -0.39 is 0 Å². The highest BCUT2D eigenvalue weighted by molar-refractivity contribution is 5.85. The van der Waals surface area contributed by atoms with Crippen LogP contribution in [0.15, 0.2) is 0 Å². The van der Waals surface area contributed by atoms with E-state index in [1.807, 2.05) is 0 Å². The summed E-state index contributed by atoms with van der Waals surface area (Å²) in [5, 5.41) is 3.43. The molecule has 1 N–H and O–H groups in total. The molecule has 0 unspecified atom stereocenters. The lowest BCUT2D eigenvalue weighted by atomic mass is 9.72. The zero-order valence-electron chi connectivity index (χ0n) is 5.11. The summed E-state index contributed by atoms with van der Waals surface area (Å²) in [7, 11) is 0. The van der Waals surface area contributed by atoms with Gasteiger partial charge >= 0.3 is 0 Å². The van der Waals surface area contributed by atoms with Crippen molar-refractivity contribution >= 4 is 12.4 Å². The highest BCUT2D eigenvalue weighted by Gasteiger charge is 2.46. The molecule has 0 aromatic rings. The molecule has 2 heteroatoms. The molecule has 8 heavy (non-hydrogen) atoms. The SMILES string of the molecule is CC12CNC(C1)C2.Cl. The maximum Gasteiger partial charge on any atom is 0.00786 e.